The maximum Gasteiger partial charge on any atom is 0.267 e. The smallest absolute Gasteiger partial charge is 0.267 e. The van der Waals surface area contributed by atoms with Gasteiger partial charge in [0.1, 0.15) is 5.75 Å². The highest BCUT2D eigenvalue weighted by Gasteiger charge is 2.59. The molecule has 1 saturated heterocycles. The maximum atomic E-state index is 13.3. The van der Waals surface area contributed by atoms with Crippen LogP contribution in [0.1, 0.15) is 28.8 Å². The molecular formula is C21H21N3O4. The predicted molar refractivity (Wildman–Crippen MR) is 103 cm³/mol. The first-order valence-corrected chi connectivity index (χ1v) is 9.10. The summed E-state index contributed by atoms with van der Waals surface area (Å²) in [7, 11) is 3.17. The van der Waals surface area contributed by atoms with Crippen LogP contribution in [0, 0.1) is 0 Å². The molecule has 2 aliphatic rings. The average Bonchev–Trinajstić information content (AvgIpc) is 3.09. The number of fused-ring (bicyclic) bond motifs is 3. The second kappa shape index (κ2) is 6.67. The summed E-state index contributed by atoms with van der Waals surface area (Å²) in [5.74, 6) is -0.0532. The number of methoxy groups -OCH3 is 1. The Bertz CT molecular complexity index is 956. The number of likely N-dealkylation sites (N-methyl/N-ethyl adjacent to an activating group) is 1. The van der Waals surface area contributed by atoms with Gasteiger partial charge < -0.3 is 15.0 Å². The molecule has 0 spiro atoms. The largest absolute Gasteiger partial charge is 0.497 e. The minimum absolute atomic E-state index is 0.161. The highest BCUT2D eigenvalue weighted by molar-refractivity contribution is 6.16. The van der Waals surface area contributed by atoms with E-state index in [4.69, 9.17) is 4.74 Å². The fourth-order valence-corrected chi connectivity index (χ4v) is 4.00. The van der Waals surface area contributed by atoms with Gasteiger partial charge in [-0.15, -0.1) is 0 Å². The van der Waals surface area contributed by atoms with Gasteiger partial charge in [-0.3, -0.25) is 19.3 Å². The van der Waals surface area contributed by atoms with Crippen molar-refractivity contribution in [3.63, 3.8) is 0 Å². The molecule has 0 radical (unpaired) electrons. The SMILES string of the molecule is COc1ccc(CNC(=O)C23CCC(=O)N2c2ccccc2C(=O)N3C)cc1. The molecule has 7 heteroatoms. The monoisotopic (exact) mass is 379 g/mol. The number of nitrogens with one attached hydrogen (secondary N) is 1. The molecule has 0 saturated carbocycles. The van der Waals surface area contributed by atoms with Gasteiger partial charge in [0.2, 0.25) is 11.6 Å². The predicted octanol–water partition coefficient (Wildman–Crippen LogP) is 1.92. The highest BCUT2D eigenvalue weighted by Crippen LogP contribution is 2.43. The Morgan fingerprint density at radius 1 is 1.14 bits per heavy atom. The summed E-state index contributed by atoms with van der Waals surface area (Å²) in [6, 6.07) is 14.3. The lowest BCUT2D eigenvalue weighted by atomic mass is 9.96. The Labute approximate surface area is 162 Å². The van der Waals surface area contributed by atoms with Crippen LogP contribution in [-0.4, -0.2) is 42.4 Å². The maximum absolute atomic E-state index is 13.3. The number of nitrogens with zero attached hydrogens (tertiary/aromatic N) is 2. The van der Waals surface area contributed by atoms with Gasteiger partial charge in [-0.2, -0.15) is 0 Å². The molecule has 7 nitrogen and oxygen atoms in total. The van der Waals surface area contributed by atoms with Crippen LogP contribution in [0.15, 0.2) is 48.5 Å². The van der Waals surface area contributed by atoms with Gasteiger partial charge in [-0.25, -0.2) is 0 Å². The molecule has 1 N–H and O–H groups in total. The lowest BCUT2D eigenvalue weighted by Gasteiger charge is -2.47. The molecule has 1 fully saturated rings. The third-order valence-corrected chi connectivity index (χ3v) is 5.52. The molecule has 1 unspecified atom stereocenters. The summed E-state index contributed by atoms with van der Waals surface area (Å²) >= 11 is 0. The van der Waals surface area contributed by atoms with E-state index < -0.39 is 5.66 Å². The van der Waals surface area contributed by atoms with E-state index in [1.165, 1.54) is 9.80 Å². The van der Waals surface area contributed by atoms with Crippen LogP contribution < -0.4 is 15.0 Å². The second-order valence-corrected chi connectivity index (χ2v) is 6.96. The molecule has 2 aliphatic heterocycles. The molecule has 28 heavy (non-hydrogen) atoms. The number of benzene rings is 2. The Balaban J connectivity index is 1.65. The average molecular weight is 379 g/mol. The van der Waals surface area contributed by atoms with Crippen molar-refractivity contribution in [2.75, 3.05) is 19.1 Å². The summed E-state index contributed by atoms with van der Waals surface area (Å²) in [4.78, 5) is 41.7. The third kappa shape index (κ3) is 2.54. The molecule has 2 aromatic carbocycles. The van der Waals surface area contributed by atoms with Crippen molar-refractivity contribution in [2.24, 2.45) is 0 Å². The second-order valence-electron chi connectivity index (χ2n) is 6.96. The lowest BCUT2D eigenvalue weighted by Crippen LogP contribution is -2.69. The van der Waals surface area contributed by atoms with Crippen LogP contribution >= 0.6 is 0 Å². The standard InChI is InChI=1S/C21H21N3O4/c1-23-19(26)16-5-3-4-6-17(16)24-18(25)11-12-21(23,24)20(27)22-13-14-7-9-15(28-2)10-8-14/h3-10H,11-13H2,1-2H3,(H,22,27). The fourth-order valence-electron chi connectivity index (χ4n) is 4.00. The topological polar surface area (TPSA) is 79.0 Å². The quantitative estimate of drug-likeness (QED) is 0.880. The molecule has 0 aliphatic carbocycles. The van der Waals surface area contributed by atoms with Crippen molar-refractivity contribution in [1.29, 1.82) is 0 Å². The van der Waals surface area contributed by atoms with Gasteiger partial charge in [-0.1, -0.05) is 24.3 Å². The lowest BCUT2D eigenvalue weighted by molar-refractivity contribution is -0.133. The molecule has 2 heterocycles. The first-order valence-electron chi connectivity index (χ1n) is 9.10. The summed E-state index contributed by atoms with van der Waals surface area (Å²) in [5.41, 5.74) is 0.479. The van der Waals surface area contributed by atoms with Gasteiger partial charge in [0.25, 0.3) is 11.8 Å². The van der Waals surface area contributed by atoms with Gasteiger partial charge in [0.05, 0.1) is 18.4 Å². The summed E-state index contributed by atoms with van der Waals surface area (Å²) in [6.07, 6.45) is 0.471. The number of rotatable bonds is 4. The van der Waals surface area contributed by atoms with Gasteiger partial charge >= 0.3 is 0 Å². The molecule has 4 rings (SSSR count). The summed E-state index contributed by atoms with van der Waals surface area (Å²) < 4.78 is 5.14. The van der Waals surface area contributed by atoms with E-state index in [1.54, 1.807) is 38.4 Å². The Kier molecular flexibility index (Phi) is 4.30. The highest BCUT2D eigenvalue weighted by atomic mass is 16.5. The Morgan fingerprint density at radius 2 is 1.86 bits per heavy atom. The minimum Gasteiger partial charge on any atom is -0.497 e. The number of carbonyl (C=O) groups is 3. The van der Waals surface area contributed by atoms with E-state index in [9.17, 15) is 14.4 Å². The van der Waals surface area contributed by atoms with Crippen LogP contribution in [0.4, 0.5) is 5.69 Å². The molecule has 144 valence electrons. The summed E-state index contributed by atoms with van der Waals surface area (Å²) in [6.45, 7) is 0.288. The minimum atomic E-state index is -1.34. The van der Waals surface area contributed by atoms with Gasteiger partial charge in [-0.05, 0) is 29.8 Å². The molecule has 2 aromatic rings. The first kappa shape index (κ1) is 18.0. The number of para-hydroxylation sites is 1. The summed E-state index contributed by atoms with van der Waals surface area (Å²) in [5, 5.41) is 2.90. The van der Waals surface area contributed by atoms with Crippen LogP contribution in [0.5, 0.6) is 5.75 Å². The molecule has 0 bridgehead atoms. The number of hydrogen-bond donors (Lipinski definition) is 1. The zero-order valence-electron chi connectivity index (χ0n) is 15.8. The number of amides is 3. The molecule has 3 amide bonds. The number of hydrogen-bond acceptors (Lipinski definition) is 4. The van der Waals surface area contributed by atoms with Crippen molar-refractivity contribution in [3.05, 3.63) is 59.7 Å². The Morgan fingerprint density at radius 3 is 2.57 bits per heavy atom. The molecule has 1 atom stereocenters. The van der Waals surface area contributed by atoms with Crippen molar-refractivity contribution >= 4 is 23.4 Å². The van der Waals surface area contributed by atoms with Crippen molar-refractivity contribution in [2.45, 2.75) is 25.0 Å². The zero-order chi connectivity index (χ0) is 19.9. The normalized spacial score (nSPS) is 20.6. The number of ether oxygens (including phenoxy) is 1. The van der Waals surface area contributed by atoms with Crippen LogP contribution in [0.25, 0.3) is 0 Å². The van der Waals surface area contributed by atoms with E-state index in [0.717, 1.165) is 11.3 Å². The number of anilines is 1. The van der Waals surface area contributed by atoms with Gasteiger partial charge in [0.15, 0.2) is 0 Å². The first-order chi connectivity index (χ1) is 13.5. The van der Waals surface area contributed by atoms with E-state index in [-0.39, 0.29) is 37.1 Å². The molecule has 0 aromatic heterocycles. The van der Waals surface area contributed by atoms with Crippen molar-refractivity contribution in [3.8, 4) is 5.75 Å². The van der Waals surface area contributed by atoms with Crippen molar-refractivity contribution in [1.82, 2.24) is 10.2 Å². The van der Waals surface area contributed by atoms with E-state index >= 15 is 0 Å². The zero-order valence-corrected chi connectivity index (χ0v) is 15.8. The van der Waals surface area contributed by atoms with Crippen LogP contribution in [0.2, 0.25) is 0 Å². The van der Waals surface area contributed by atoms with E-state index in [1.807, 2.05) is 24.3 Å². The van der Waals surface area contributed by atoms with Crippen molar-refractivity contribution < 1.29 is 19.1 Å². The van der Waals surface area contributed by atoms with Crippen LogP contribution in [0.3, 0.4) is 0 Å². The molecular weight excluding hydrogens is 358 g/mol. The Hall–Kier alpha value is -3.35. The van der Waals surface area contributed by atoms with E-state index in [0.29, 0.717) is 11.3 Å². The van der Waals surface area contributed by atoms with Crippen LogP contribution in [-0.2, 0) is 16.1 Å². The fraction of sp³-hybridized carbons (Fsp3) is 0.286. The third-order valence-electron chi connectivity index (χ3n) is 5.52. The number of carbonyl (C=O) groups excluding carboxylic acids is 3. The van der Waals surface area contributed by atoms with E-state index in [2.05, 4.69) is 5.32 Å². The van der Waals surface area contributed by atoms with Gasteiger partial charge in [0, 0.05) is 26.4 Å².